The molecule has 23 heavy (non-hydrogen) atoms. The molecule has 1 atom stereocenters. The van der Waals surface area contributed by atoms with Gasteiger partial charge in [0.25, 0.3) is 5.91 Å². The quantitative estimate of drug-likeness (QED) is 0.904. The Kier molecular flexibility index (Phi) is 4.59. The Hall–Kier alpha value is -2.38. The van der Waals surface area contributed by atoms with Crippen LogP contribution in [0.25, 0.3) is 0 Å². The van der Waals surface area contributed by atoms with Crippen LogP contribution in [0.2, 0.25) is 0 Å². The normalized spacial score (nSPS) is 21.7. The Morgan fingerprint density at radius 2 is 2.17 bits per heavy atom. The SMILES string of the molecule is O=C(c1ccon1)N1CCOC[C@@](O)(COc2ccccc2)C1. The van der Waals surface area contributed by atoms with Gasteiger partial charge in [0, 0.05) is 12.6 Å². The van der Waals surface area contributed by atoms with E-state index in [0.29, 0.717) is 18.9 Å². The molecule has 0 spiro atoms. The van der Waals surface area contributed by atoms with E-state index in [4.69, 9.17) is 14.0 Å². The van der Waals surface area contributed by atoms with Gasteiger partial charge in [-0.15, -0.1) is 0 Å². The zero-order valence-corrected chi connectivity index (χ0v) is 12.6. The van der Waals surface area contributed by atoms with Crippen molar-refractivity contribution in [2.24, 2.45) is 0 Å². The van der Waals surface area contributed by atoms with Crippen LogP contribution in [0.15, 0.2) is 47.2 Å². The maximum absolute atomic E-state index is 12.4. The number of ether oxygens (including phenoxy) is 2. The summed E-state index contributed by atoms with van der Waals surface area (Å²) in [6.45, 7) is 0.949. The molecule has 1 saturated heterocycles. The number of benzene rings is 1. The first kappa shape index (κ1) is 15.5. The monoisotopic (exact) mass is 318 g/mol. The number of aromatic nitrogens is 1. The summed E-state index contributed by atoms with van der Waals surface area (Å²) in [5, 5.41) is 14.4. The molecule has 0 radical (unpaired) electrons. The van der Waals surface area contributed by atoms with Crippen LogP contribution in [-0.2, 0) is 4.74 Å². The first-order chi connectivity index (χ1) is 11.2. The molecule has 3 rings (SSSR count). The third-order valence-electron chi connectivity index (χ3n) is 3.56. The summed E-state index contributed by atoms with van der Waals surface area (Å²) in [7, 11) is 0. The molecule has 0 bridgehead atoms. The lowest BCUT2D eigenvalue weighted by atomic mass is 10.1. The van der Waals surface area contributed by atoms with Crippen molar-refractivity contribution in [3.05, 3.63) is 48.4 Å². The molecule has 1 N–H and O–H groups in total. The van der Waals surface area contributed by atoms with Gasteiger partial charge in [-0.1, -0.05) is 23.4 Å². The van der Waals surface area contributed by atoms with Gasteiger partial charge in [0.15, 0.2) is 5.69 Å². The van der Waals surface area contributed by atoms with E-state index >= 15 is 0 Å². The van der Waals surface area contributed by atoms with Gasteiger partial charge in [0.1, 0.15) is 24.2 Å². The van der Waals surface area contributed by atoms with E-state index in [1.165, 1.54) is 17.2 Å². The van der Waals surface area contributed by atoms with Crippen molar-refractivity contribution in [2.45, 2.75) is 5.60 Å². The van der Waals surface area contributed by atoms with E-state index in [9.17, 15) is 9.90 Å². The number of nitrogens with zero attached hydrogens (tertiary/aromatic N) is 2. The fourth-order valence-corrected chi connectivity index (χ4v) is 2.40. The summed E-state index contributed by atoms with van der Waals surface area (Å²) in [6, 6.07) is 10.7. The minimum atomic E-state index is -1.29. The lowest BCUT2D eigenvalue weighted by molar-refractivity contribution is -0.0621. The first-order valence-corrected chi connectivity index (χ1v) is 7.34. The van der Waals surface area contributed by atoms with Crippen molar-refractivity contribution in [1.29, 1.82) is 0 Å². The predicted octanol–water partition coefficient (Wildman–Crippen LogP) is 0.957. The van der Waals surface area contributed by atoms with E-state index in [1.807, 2.05) is 18.2 Å². The Balaban J connectivity index is 1.67. The van der Waals surface area contributed by atoms with Crippen LogP contribution in [0.1, 0.15) is 10.5 Å². The van der Waals surface area contributed by atoms with Crippen LogP contribution in [-0.4, -0.2) is 59.6 Å². The number of β-amino-alcohol motifs (C(OH)–C–C–N with tert-alkyl or cyclic N) is 1. The number of carbonyl (C=O) groups excluding carboxylic acids is 1. The Morgan fingerprint density at radius 1 is 1.35 bits per heavy atom. The molecule has 1 amide bonds. The zero-order valence-electron chi connectivity index (χ0n) is 12.6. The summed E-state index contributed by atoms with van der Waals surface area (Å²) in [5.74, 6) is 0.349. The molecule has 1 aliphatic rings. The van der Waals surface area contributed by atoms with Crippen molar-refractivity contribution in [1.82, 2.24) is 10.1 Å². The number of aliphatic hydroxyl groups is 1. The van der Waals surface area contributed by atoms with E-state index in [1.54, 1.807) is 12.1 Å². The van der Waals surface area contributed by atoms with Crippen molar-refractivity contribution < 1.29 is 23.9 Å². The molecule has 0 unspecified atom stereocenters. The van der Waals surface area contributed by atoms with Crippen LogP contribution in [0.4, 0.5) is 0 Å². The van der Waals surface area contributed by atoms with Crippen molar-refractivity contribution >= 4 is 5.91 Å². The molecule has 1 fully saturated rings. The Bertz CT molecular complexity index is 631. The maximum Gasteiger partial charge on any atom is 0.276 e. The van der Waals surface area contributed by atoms with Gasteiger partial charge in [-0.3, -0.25) is 4.79 Å². The van der Waals surface area contributed by atoms with Crippen LogP contribution in [0, 0.1) is 0 Å². The summed E-state index contributed by atoms with van der Waals surface area (Å²) in [6.07, 6.45) is 1.34. The van der Waals surface area contributed by atoms with Crippen molar-refractivity contribution in [3.8, 4) is 5.75 Å². The van der Waals surface area contributed by atoms with Gasteiger partial charge in [0.2, 0.25) is 0 Å². The maximum atomic E-state index is 12.4. The third-order valence-corrected chi connectivity index (χ3v) is 3.56. The molecule has 1 aromatic heterocycles. The van der Waals surface area contributed by atoms with Gasteiger partial charge in [0.05, 0.1) is 19.8 Å². The molecular formula is C16H18N2O5. The van der Waals surface area contributed by atoms with Crippen molar-refractivity contribution in [3.63, 3.8) is 0 Å². The molecular weight excluding hydrogens is 300 g/mol. The summed E-state index contributed by atoms with van der Waals surface area (Å²) in [5.41, 5.74) is -1.08. The average molecular weight is 318 g/mol. The zero-order chi connectivity index (χ0) is 16.1. The second-order valence-electron chi connectivity index (χ2n) is 5.49. The second-order valence-corrected chi connectivity index (χ2v) is 5.49. The molecule has 1 aliphatic heterocycles. The summed E-state index contributed by atoms with van der Waals surface area (Å²) < 4.78 is 15.7. The average Bonchev–Trinajstić information content (AvgIpc) is 3.04. The van der Waals surface area contributed by atoms with Crippen LogP contribution >= 0.6 is 0 Å². The molecule has 7 heteroatoms. The van der Waals surface area contributed by atoms with E-state index in [2.05, 4.69) is 5.16 Å². The van der Waals surface area contributed by atoms with Crippen LogP contribution in [0.3, 0.4) is 0 Å². The summed E-state index contributed by atoms with van der Waals surface area (Å²) in [4.78, 5) is 13.9. The lowest BCUT2D eigenvalue weighted by Gasteiger charge is -2.30. The molecule has 2 aromatic rings. The van der Waals surface area contributed by atoms with Gasteiger partial charge < -0.3 is 24.0 Å². The highest BCUT2D eigenvalue weighted by molar-refractivity contribution is 5.92. The Morgan fingerprint density at radius 3 is 2.91 bits per heavy atom. The number of hydrogen-bond acceptors (Lipinski definition) is 6. The van der Waals surface area contributed by atoms with Crippen LogP contribution in [0.5, 0.6) is 5.75 Å². The molecule has 2 heterocycles. The Labute approximate surface area is 133 Å². The van der Waals surface area contributed by atoms with Crippen LogP contribution < -0.4 is 4.74 Å². The lowest BCUT2D eigenvalue weighted by Crippen LogP contribution is -2.50. The highest BCUT2D eigenvalue weighted by atomic mass is 16.5. The van der Waals surface area contributed by atoms with Crippen molar-refractivity contribution in [2.75, 3.05) is 32.9 Å². The molecule has 122 valence electrons. The second kappa shape index (κ2) is 6.80. The number of para-hydroxylation sites is 1. The fraction of sp³-hybridized carbons (Fsp3) is 0.375. The highest BCUT2D eigenvalue weighted by Gasteiger charge is 2.36. The highest BCUT2D eigenvalue weighted by Crippen LogP contribution is 2.17. The molecule has 1 aromatic carbocycles. The van der Waals surface area contributed by atoms with Gasteiger partial charge in [-0.25, -0.2) is 0 Å². The molecule has 7 nitrogen and oxygen atoms in total. The standard InChI is InChI=1S/C16H18N2O5/c19-15(14-6-8-23-17-14)18-7-9-21-11-16(20,10-18)12-22-13-4-2-1-3-5-13/h1-6,8,20H,7,9-12H2/t16-/m1/s1. The predicted molar refractivity (Wildman–Crippen MR) is 80.1 cm³/mol. The van der Waals surface area contributed by atoms with Gasteiger partial charge >= 0.3 is 0 Å². The fourth-order valence-electron chi connectivity index (χ4n) is 2.40. The minimum absolute atomic E-state index is 0.0274. The number of rotatable bonds is 4. The molecule has 0 saturated carbocycles. The van der Waals surface area contributed by atoms with E-state index in [0.717, 1.165) is 0 Å². The van der Waals surface area contributed by atoms with E-state index < -0.39 is 5.60 Å². The molecule has 0 aliphatic carbocycles. The van der Waals surface area contributed by atoms with E-state index in [-0.39, 0.29) is 31.4 Å². The topological polar surface area (TPSA) is 85.0 Å². The minimum Gasteiger partial charge on any atom is -0.490 e. The third kappa shape index (κ3) is 3.88. The van der Waals surface area contributed by atoms with Gasteiger partial charge in [-0.2, -0.15) is 0 Å². The number of hydrogen-bond donors (Lipinski definition) is 1. The smallest absolute Gasteiger partial charge is 0.276 e. The number of amides is 1. The number of carbonyl (C=O) groups is 1. The first-order valence-electron chi connectivity index (χ1n) is 7.34. The summed E-state index contributed by atoms with van der Waals surface area (Å²) >= 11 is 0. The van der Waals surface area contributed by atoms with Gasteiger partial charge in [-0.05, 0) is 12.1 Å². The largest absolute Gasteiger partial charge is 0.490 e.